The van der Waals surface area contributed by atoms with Crippen molar-refractivity contribution in [2.45, 2.75) is 57.8 Å². The predicted octanol–water partition coefficient (Wildman–Crippen LogP) is 3.11. The van der Waals surface area contributed by atoms with E-state index in [1.165, 1.54) is 4.90 Å². The van der Waals surface area contributed by atoms with Gasteiger partial charge in [-0.2, -0.15) is 18.2 Å². The van der Waals surface area contributed by atoms with Gasteiger partial charge in [0.25, 0.3) is 0 Å². The van der Waals surface area contributed by atoms with Gasteiger partial charge in [0.15, 0.2) is 5.82 Å². The number of likely N-dealkylation sites (tertiary alicyclic amines) is 1. The van der Waals surface area contributed by atoms with E-state index in [0.29, 0.717) is 18.8 Å². The van der Waals surface area contributed by atoms with Gasteiger partial charge < -0.3 is 4.52 Å². The topological polar surface area (TPSA) is 42.2 Å². The van der Waals surface area contributed by atoms with Gasteiger partial charge in [0.05, 0.1) is 6.54 Å². The number of aromatic nitrogens is 2. The van der Waals surface area contributed by atoms with Gasteiger partial charge in [0.1, 0.15) is 6.04 Å². The summed E-state index contributed by atoms with van der Waals surface area (Å²) in [6.45, 7) is 4.32. The third-order valence-corrected chi connectivity index (χ3v) is 3.33. The van der Waals surface area contributed by atoms with E-state index >= 15 is 0 Å². The maximum absolute atomic E-state index is 12.9. The molecule has 2 heterocycles. The van der Waals surface area contributed by atoms with Crippen LogP contribution in [0.4, 0.5) is 13.2 Å². The van der Waals surface area contributed by atoms with Crippen LogP contribution in [0.5, 0.6) is 0 Å². The maximum Gasteiger partial charge on any atom is 0.404 e. The Morgan fingerprint density at radius 3 is 2.68 bits per heavy atom. The lowest BCUT2D eigenvalue weighted by Crippen LogP contribution is -2.48. The Morgan fingerprint density at radius 2 is 2.11 bits per heavy atom. The number of hydrogen-bond acceptors (Lipinski definition) is 4. The second kappa shape index (κ2) is 5.48. The molecule has 0 bridgehead atoms. The standard InChI is InChI=1S/C12H18F3N3O/c1-8(2)11-16-10(19-17-11)7-18-6-4-3-5-9(18)12(13,14)15/h8-9H,3-7H2,1-2H3/t9-/m0/s1. The Labute approximate surface area is 110 Å². The first-order valence-electron chi connectivity index (χ1n) is 6.51. The maximum atomic E-state index is 12.9. The number of nitrogens with zero attached hydrogens (tertiary/aromatic N) is 3. The smallest absolute Gasteiger partial charge is 0.338 e. The SMILES string of the molecule is CC(C)c1noc(CN2CCCC[C@H]2C(F)(F)F)n1. The molecular weight excluding hydrogens is 259 g/mol. The molecule has 0 radical (unpaired) electrons. The molecule has 1 aromatic heterocycles. The Balaban J connectivity index is 2.06. The number of halogens is 3. The monoisotopic (exact) mass is 277 g/mol. The van der Waals surface area contributed by atoms with Crippen molar-refractivity contribution < 1.29 is 17.7 Å². The van der Waals surface area contributed by atoms with Crippen LogP contribution in [0.3, 0.4) is 0 Å². The van der Waals surface area contributed by atoms with Crippen molar-refractivity contribution in [3.63, 3.8) is 0 Å². The fraction of sp³-hybridized carbons (Fsp3) is 0.833. The Bertz CT molecular complexity index is 417. The van der Waals surface area contributed by atoms with E-state index in [-0.39, 0.29) is 24.8 Å². The summed E-state index contributed by atoms with van der Waals surface area (Å²) < 4.78 is 43.8. The second-order valence-electron chi connectivity index (χ2n) is 5.22. The number of piperidine rings is 1. The van der Waals surface area contributed by atoms with Crippen LogP contribution in [0.1, 0.15) is 50.7 Å². The van der Waals surface area contributed by atoms with Crippen LogP contribution in [0.25, 0.3) is 0 Å². The number of hydrogen-bond donors (Lipinski definition) is 0. The van der Waals surface area contributed by atoms with Crippen LogP contribution in [0.15, 0.2) is 4.52 Å². The summed E-state index contributed by atoms with van der Waals surface area (Å²) in [4.78, 5) is 5.52. The van der Waals surface area contributed by atoms with Gasteiger partial charge >= 0.3 is 6.18 Å². The molecule has 0 amide bonds. The molecule has 1 aromatic rings. The van der Waals surface area contributed by atoms with E-state index in [1.54, 1.807) is 0 Å². The van der Waals surface area contributed by atoms with Gasteiger partial charge in [-0.05, 0) is 19.4 Å². The van der Waals surface area contributed by atoms with E-state index in [9.17, 15) is 13.2 Å². The van der Waals surface area contributed by atoms with Crippen molar-refractivity contribution in [2.24, 2.45) is 0 Å². The lowest BCUT2D eigenvalue weighted by Gasteiger charge is -2.35. The molecule has 0 N–H and O–H groups in total. The minimum Gasteiger partial charge on any atom is -0.338 e. The zero-order valence-corrected chi connectivity index (χ0v) is 11.1. The summed E-state index contributed by atoms with van der Waals surface area (Å²) in [6, 6.07) is -1.39. The molecule has 1 saturated heterocycles. The minimum atomic E-state index is -4.19. The Morgan fingerprint density at radius 1 is 1.37 bits per heavy atom. The lowest BCUT2D eigenvalue weighted by atomic mass is 10.0. The molecular formula is C12H18F3N3O. The molecule has 0 aromatic carbocycles. The van der Waals surface area contributed by atoms with Crippen LogP contribution in [0.2, 0.25) is 0 Å². The van der Waals surface area contributed by atoms with E-state index < -0.39 is 12.2 Å². The summed E-state index contributed by atoms with van der Waals surface area (Å²) in [5.74, 6) is 0.910. The molecule has 0 spiro atoms. The number of rotatable bonds is 3. The first-order chi connectivity index (χ1) is 8.88. The van der Waals surface area contributed by atoms with Crippen molar-refractivity contribution in [1.29, 1.82) is 0 Å². The first-order valence-corrected chi connectivity index (χ1v) is 6.51. The van der Waals surface area contributed by atoms with E-state index in [2.05, 4.69) is 10.1 Å². The van der Waals surface area contributed by atoms with Crippen molar-refractivity contribution in [1.82, 2.24) is 15.0 Å². The van der Waals surface area contributed by atoms with Gasteiger partial charge in [-0.1, -0.05) is 25.4 Å². The summed E-state index contributed by atoms with van der Waals surface area (Å²) >= 11 is 0. The highest BCUT2D eigenvalue weighted by molar-refractivity contribution is 4.93. The normalized spacial score (nSPS) is 22.1. The van der Waals surface area contributed by atoms with Crippen LogP contribution in [-0.2, 0) is 6.54 Å². The summed E-state index contributed by atoms with van der Waals surface area (Å²) in [5.41, 5.74) is 0. The lowest BCUT2D eigenvalue weighted by molar-refractivity contribution is -0.193. The summed E-state index contributed by atoms with van der Waals surface area (Å²) in [5, 5.41) is 3.77. The molecule has 0 saturated carbocycles. The van der Waals surface area contributed by atoms with E-state index in [4.69, 9.17) is 4.52 Å². The van der Waals surface area contributed by atoms with Gasteiger partial charge in [-0.25, -0.2) is 0 Å². The van der Waals surface area contributed by atoms with Gasteiger partial charge in [0, 0.05) is 5.92 Å². The molecule has 1 aliphatic rings. The molecule has 0 aliphatic carbocycles. The largest absolute Gasteiger partial charge is 0.404 e. The van der Waals surface area contributed by atoms with Crippen LogP contribution in [-0.4, -0.2) is 33.8 Å². The molecule has 1 aliphatic heterocycles. The third kappa shape index (κ3) is 3.46. The fourth-order valence-corrected chi connectivity index (χ4v) is 2.29. The molecule has 19 heavy (non-hydrogen) atoms. The van der Waals surface area contributed by atoms with Gasteiger partial charge in [0.2, 0.25) is 5.89 Å². The summed E-state index contributed by atoms with van der Waals surface area (Å²) in [6.07, 6.45) is -2.66. The zero-order valence-electron chi connectivity index (χ0n) is 11.1. The predicted molar refractivity (Wildman–Crippen MR) is 62.5 cm³/mol. The molecule has 0 unspecified atom stereocenters. The van der Waals surface area contributed by atoms with Crippen molar-refractivity contribution in [3.8, 4) is 0 Å². The van der Waals surface area contributed by atoms with Gasteiger partial charge in [-0.3, -0.25) is 4.90 Å². The average Bonchev–Trinajstić information content (AvgIpc) is 2.77. The highest BCUT2D eigenvalue weighted by atomic mass is 19.4. The minimum absolute atomic E-state index is 0.0733. The van der Waals surface area contributed by atoms with Crippen LogP contribution < -0.4 is 0 Å². The molecule has 4 nitrogen and oxygen atoms in total. The van der Waals surface area contributed by atoms with Gasteiger partial charge in [-0.15, -0.1) is 0 Å². The van der Waals surface area contributed by atoms with Crippen LogP contribution in [0, 0.1) is 0 Å². The Hall–Kier alpha value is -1.11. The molecule has 7 heteroatoms. The molecule has 1 fully saturated rings. The van der Waals surface area contributed by atoms with Crippen LogP contribution >= 0.6 is 0 Å². The molecule has 1 atom stereocenters. The third-order valence-electron chi connectivity index (χ3n) is 3.33. The average molecular weight is 277 g/mol. The van der Waals surface area contributed by atoms with Crippen molar-refractivity contribution in [2.75, 3.05) is 6.54 Å². The van der Waals surface area contributed by atoms with Crippen molar-refractivity contribution >= 4 is 0 Å². The summed E-state index contributed by atoms with van der Waals surface area (Å²) in [7, 11) is 0. The zero-order chi connectivity index (χ0) is 14.0. The first kappa shape index (κ1) is 14.3. The van der Waals surface area contributed by atoms with Crippen molar-refractivity contribution in [3.05, 3.63) is 11.7 Å². The molecule has 108 valence electrons. The number of alkyl halides is 3. The van der Waals surface area contributed by atoms with E-state index in [0.717, 1.165) is 6.42 Å². The quantitative estimate of drug-likeness (QED) is 0.851. The molecule has 2 rings (SSSR count). The Kier molecular flexibility index (Phi) is 4.13. The fourth-order valence-electron chi connectivity index (χ4n) is 2.29. The second-order valence-corrected chi connectivity index (χ2v) is 5.22. The van der Waals surface area contributed by atoms with E-state index in [1.807, 2.05) is 13.8 Å². The highest BCUT2D eigenvalue weighted by Crippen LogP contribution is 2.32. The highest BCUT2D eigenvalue weighted by Gasteiger charge is 2.44.